The summed E-state index contributed by atoms with van der Waals surface area (Å²) in [7, 11) is 1.59. The number of nitrogens with one attached hydrogen (secondary N) is 1. The molecule has 0 radical (unpaired) electrons. The molecule has 2 aromatic carbocycles. The number of nitrogens with two attached hydrogens (primary N) is 1. The molecule has 1 aliphatic carbocycles. The Morgan fingerprint density at radius 3 is 2.70 bits per heavy atom. The van der Waals surface area contributed by atoms with Crippen LogP contribution in [0.2, 0.25) is 5.02 Å². The Hall–Kier alpha value is -3.17. The zero-order chi connectivity index (χ0) is 25.9. The number of aromatic nitrogens is 2. The van der Waals surface area contributed by atoms with Crippen LogP contribution in [0.3, 0.4) is 0 Å². The molecule has 196 valence electrons. The molecule has 10 heteroatoms. The summed E-state index contributed by atoms with van der Waals surface area (Å²) >= 11 is 5.94. The lowest BCUT2D eigenvalue weighted by Crippen LogP contribution is -2.53. The molecule has 37 heavy (non-hydrogen) atoms. The van der Waals surface area contributed by atoms with Crippen LogP contribution in [0.15, 0.2) is 36.7 Å². The number of hydrogen-bond acceptors (Lipinski definition) is 7. The number of anilines is 2. The smallest absolute Gasteiger partial charge is 0.234 e. The number of piperidine rings is 1. The van der Waals surface area contributed by atoms with Gasteiger partial charge in [0.25, 0.3) is 0 Å². The molecule has 5 rings (SSSR count). The van der Waals surface area contributed by atoms with E-state index in [1.807, 2.05) is 6.07 Å². The Kier molecular flexibility index (Phi) is 7.62. The average molecular weight is 528 g/mol. The first-order chi connectivity index (χ1) is 17.9. The van der Waals surface area contributed by atoms with Crippen molar-refractivity contribution in [3.05, 3.63) is 47.5 Å². The standard InChI is InChI=1S/C27H31ClFN5O3/c1-36-23-14-21-18(27(32-15-31-21)33-20-6-4-5-19(28)25(20)29)13-24(23)37-17-10-8-16(9-11-17)34-12-3-2-7-22(34)26(30)35/h4-6,13-17,22H,2-3,7-12H2,1H3,(H2,30,35)(H,31,32,33)/t16-,17+,22-/m1/s1. The molecule has 2 aliphatic rings. The molecular weight excluding hydrogens is 497 g/mol. The van der Waals surface area contributed by atoms with Gasteiger partial charge in [-0.3, -0.25) is 9.69 Å². The molecule has 1 saturated heterocycles. The van der Waals surface area contributed by atoms with Crippen LogP contribution < -0.4 is 20.5 Å². The number of ether oxygens (including phenoxy) is 2. The molecule has 2 fully saturated rings. The van der Waals surface area contributed by atoms with Gasteiger partial charge in [0.2, 0.25) is 5.91 Å². The van der Waals surface area contributed by atoms with Crippen molar-refractivity contribution in [2.45, 2.75) is 63.1 Å². The van der Waals surface area contributed by atoms with Gasteiger partial charge in [-0.05, 0) is 63.3 Å². The summed E-state index contributed by atoms with van der Waals surface area (Å²) in [5.41, 5.74) is 6.54. The predicted molar refractivity (Wildman–Crippen MR) is 141 cm³/mol. The van der Waals surface area contributed by atoms with Gasteiger partial charge in [-0.1, -0.05) is 24.1 Å². The van der Waals surface area contributed by atoms with Gasteiger partial charge in [0.15, 0.2) is 17.3 Å². The van der Waals surface area contributed by atoms with Crippen LogP contribution in [0.5, 0.6) is 11.5 Å². The second-order valence-electron chi connectivity index (χ2n) is 9.67. The number of nitrogens with zero attached hydrogens (tertiary/aromatic N) is 3. The topological polar surface area (TPSA) is 103 Å². The number of hydrogen-bond donors (Lipinski definition) is 2. The molecule has 3 N–H and O–H groups in total. The molecule has 1 atom stereocenters. The maximum absolute atomic E-state index is 14.5. The van der Waals surface area contributed by atoms with Crippen molar-refractivity contribution in [2.75, 3.05) is 19.0 Å². The monoisotopic (exact) mass is 527 g/mol. The number of carbonyl (C=O) groups excluding carboxylic acids is 1. The molecule has 8 nitrogen and oxygen atoms in total. The van der Waals surface area contributed by atoms with E-state index in [9.17, 15) is 9.18 Å². The third kappa shape index (κ3) is 5.43. The fraction of sp³-hybridized carbons (Fsp3) is 0.444. The zero-order valence-electron chi connectivity index (χ0n) is 20.8. The summed E-state index contributed by atoms with van der Waals surface area (Å²) in [6.45, 7) is 0.922. The lowest BCUT2D eigenvalue weighted by atomic mass is 9.88. The highest BCUT2D eigenvalue weighted by atomic mass is 35.5. The third-order valence-corrected chi connectivity index (χ3v) is 7.70. The minimum Gasteiger partial charge on any atom is -0.493 e. The van der Waals surface area contributed by atoms with Gasteiger partial charge in [-0.25, -0.2) is 14.4 Å². The fourth-order valence-corrected chi connectivity index (χ4v) is 5.69. The van der Waals surface area contributed by atoms with Gasteiger partial charge in [-0.15, -0.1) is 0 Å². The van der Waals surface area contributed by atoms with E-state index in [2.05, 4.69) is 20.2 Å². The molecule has 0 bridgehead atoms. The van der Waals surface area contributed by atoms with Crippen molar-refractivity contribution >= 4 is 39.9 Å². The van der Waals surface area contributed by atoms with Gasteiger partial charge >= 0.3 is 0 Å². The highest BCUT2D eigenvalue weighted by molar-refractivity contribution is 6.31. The van der Waals surface area contributed by atoms with E-state index in [4.69, 9.17) is 26.8 Å². The molecule has 2 heterocycles. The van der Waals surface area contributed by atoms with Crippen molar-refractivity contribution in [1.29, 1.82) is 0 Å². The number of benzene rings is 2. The molecule has 1 saturated carbocycles. The van der Waals surface area contributed by atoms with E-state index in [-0.39, 0.29) is 28.8 Å². The van der Waals surface area contributed by atoms with Crippen LogP contribution in [-0.4, -0.2) is 52.6 Å². The van der Waals surface area contributed by atoms with Crippen molar-refractivity contribution in [1.82, 2.24) is 14.9 Å². The van der Waals surface area contributed by atoms with Crippen molar-refractivity contribution in [3.63, 3.8) is 0 Å². The van der Waals surface area contributed by atoms with Crippen LogP contribution in [0, 0.1) is 5.82 Å². The number of halogens is 2. The van der Waals surface area contributed by atoms with Crippen LogP contribution >= 0.6 is 11.6 Å². The summed E-state index contributed by atoms with van der Waals surface area (Å²) in [4.78, 5) is 23.0. The second kappa shape index (κ2) is 11.1. The molecule has 1 amide bonds. The average Bonchev–Trinajstić information content (AvgIpc) is 2.91. The molecule has 1 aliphatic heterocycles. The first-order valence-corrected chi connectivity index (χ1v) is 13.1. The van der Waals surface area contributed by atoms with Gasteiger partial charge in [0, 0.05) is 17.5 Å². The quantitative estimate of drug-likeness (QED) is 0.435. The van der Waals surface area contributed by atoms with Gasteiger partial charge in [-0.2, -0.15) is 0 Å². The lowest BCUT2D eigenvalue weighted by molar-refractivity contribution is -0.126. The molecular formula is C27H31ClFN5O3. The van der Waals surface area contributed by atoms with Crippen molar-refractivity contribution in [2.24, 2.45) is 5.73 Å². The van der Waals surface area contributed by atoms with E-state index in [0.717, 1.165) is 51.5 Å². The van der Waals surface area contributed by atoms with E-state index in [1.165, 1.54) is 12.4 Å². The Morgan fingerprint density at radius 2 is 1.95 bits per heavy atom. The summed E-state index contributed by atoms with van der Waals surface area (Å²) in [5, 5.41) is 3.72. The minimum absolute atomic E-state index is 0.00540. The highest BCUT2D eigenvalue weighted by Gasteiger charge is 2.35. The molecule has 1 aromatic heterocycles. The van der Waals surface area contributed by atoms with Crippen molar-refractivity contribution in [3.8, 4) is 11.5 Å². The van der Waals surface area contributed by atoms with Crippen molar-refractivity contribution < 1.29 is 18.7 Å². The Bertz CT molecular complexity index is 1280. The first kappa shape index (κ1) is 25.5. The van der Waals surface area contributed by atoms with Crippen LogP contribution in [0.25, 0.3) is 10.9 Å². The van der Waals surface area contributed by atoms with Gasteiger partial charge in [0.05, 0.1) is 35.5 Å². The molecule has 0 unspecified atom stereocenters. The Labute approximate surface area is 220 Å². The number of carbonyl (C=O) groups is 1. The maximum Gasteiger partial charge on any atom is 0.234 e. The predicted octanol–water partition coefficient (Wildman–Crippen LogP) is 5.20. The van der Waals surface area contributed by atoms with E-state index in [0.29, 0.717) is 34.3 Å². The number of rotatable bonds is 7. The SMILES string of the molecule is COc1cc2ncnc(Nc3cccc(Cl)c3F)c2cc1O[C@H]1CC[C@@H](N2CCCC[C@@H]2C(N)=O)CC1. The highest BCUT2D eigenvalue weighted by Crippen LogP contribution is 2.38. The maximum atomic E-state index is 14.5. The Morgan fingerprint density at radius 1 is 1.14 bits per heavy atom. The number of fused-ring (bicyclic) bond motifs is 1. The van der Waals surface area contributed by atoms with Crippen LogP contribution in [-0.2, 0) is 4.79 Å². The molecule has 0 spiro atoms. The summed E-state index contributed by atoms with van der Waals surface area (Å²) in [6, 6.07) is 8.56. The normalized spacial score (nSPS) is 22.5. The first-order valence-electron chi connectivity index (χ1n) is 12.7. The van der Waals surface area contributed by atoms with Gasteiger partial charge < -0.3 is 20.5 Å². The number of primary amides is 1. The van der Waals surface area contributed by atoms with E-state index < -0.39 is 5.82 Å². The second-order valence-corrected chi connectivity index (χ2v) is 10.1. The summed E-state index contributed by atoms with van der Waals surface area (Å²) < 4.78 is 26.5. The molecule has 3 aromatic rings. The number of likely N-dealkylation sites (tertiary alicyclic amines) is 1. The van der Waals surface area contributed by atoms with E-state index >= 15 is 0 Å². The summed E-state index contributed by atoms with van der Waals surface area (Å²) in [6.07, 6.45) is 8.01. The van der Waals surface area contributed by atoms with E-state index in [1.54, 1.807) is 25.3 Å². The van der Waals surface area contributed by atoms with Crippen LogP contribution in [0.4, 0.5) is 15.9 Å². The number of methoxy groups -OCH3 is 1. The largest absolute Gasteiger partial charge is 0.493 e. The minimum atomic E-state index is -0.551. The van der Waals surface area contributed by atoms with Crippen LogP contribution in [0.1, 0.15) is 44.9 Å². The Balaban J connectivity index is 1.34. The summed E-state index contributed by atoms with van der Waals surface area (Å²) in [5.74, 6) is 0.812. The third-order valence-electron chi connectivity index (χ3n) is 7.40. The fourth-order valence-electron chi connectivity index (χ4n) is 5.51. The van der Waals surface area contributed by atoms with Gasteiger partial charge in [0.1, 0.15) is 12.1 Å². The number of amides is 1. The lowest BCUT2D eigenvalue weighted by Gasteiger charge is -2.42. The zero-order valence-corrected chi connectivity index (χ0v) is 21.5.